The molecule has 3 rings (SSSR count). The Bertz CT molecular complexity index is 524. The zero-order valence-electron chi connectivity index (χ0n) is 12.4. The topological polar surface area (TPSA) is 43.9 Å². The summed E-state index contributed by atoms with van der Waals surface area (Å²) < 4.78 is 0. The van der Waals surface area contributed by atoms with Gasteiger partial charge in [0.15, 0.2) is 0 Å². The quantitative estimate of drug-likeness (QED) is 0.777. The molecule has 5 nitrogen and oxygen atoms in total. The predicted octanol–water partition coefficient (Wildman–Crippen LogP) is 0.956. The molecule has 5 heteroatoms. The zero-order valence-corrected chi connectivity index (χ0v) is 12.4. The molecule has 0 aromatic heterocycles. The lowest BCUT2D eigenvalue weighted by molar-refractivity contribution is -0.139. The van der Waals surface area contributed by atoms with E-state index in [2.05, 4.69) is 21.9 Å². The Morgan fingerprint density at radius 3 is 2.29 bits per heavy atom. The molecule has 0 saturated carbocycles. The average molecular weight is 287 g/mol. The van der Waals surface area contributed by atoms with Crippen LogP contribution in [-0.4, -0.2) is 60.4 Å². The number of amides is 2. The minimum absolute atomic E-state index is 0.0179. The standard InChI is InChI=1S/C16H21N3O2/c1-2-19-15(20)12-14(16(19)21)18-10-8-17(9-11-18)13-6-4-3-5-7-13/h3-7,14H,2,8-12H2,1H3/t14-/m0/s1. The number of anilines is 1. The van der Waals surface area contributed by atoms with Crippen LogP contribution in [0.15, 0.2) is 30.3 Å². The van der Waals surface area contributed by atoms with Crippen molar-refractivity contribution in [1.82, 2.24) is 9.80 Å². The van der Waals surface area contributed by atoms with Crippen molar-refractivity contribution in [2.45, 2.75) is 19.4 Å². The Hall–Kier alpha value is -1.88. The van der Waals surface area contributed by atoms with Crippen LogP contribution in [0.2, 0.25) is 0 Å². The largest absolute Gasteiger partial charge is 0.369 e. The summed E-state index contributed by atoms with van der Waals surface area (Å²) in [4.78, 5) is 29.9. The Balaban J connectivity index is 1.62. The van der Waals surface area contributed by atoms with Crippen LogP contribution in [0.1, 0.15) is 13.3 Å². The molecule has 2 saturated heterocycles. The molecule has 0 aliphatic carbocycles. The maximum atomic E-state index is 12.2. The van der Waals surface area contributed by atoms with Crippen molar-refractivity contribution < 1.29 is 9.59 Å². The van der Waals surface area contributed by atoms with Gasteiger partial charge in [-0.2, -0.15) is 0 Å². The van der Waals surface area contributed by atoms with Gasteiger partial charge in [0.2, 0.25) is 11.8 Å². The summed E-state index contributed by atoms with van der Waals surface area (Å²) in [5, 5.41) is 0. The highest BCUT2D eigenvalue weighted by atomic mass is 16.2. The van der Waals surface area contributed by atoms with Crippen LogP contribution in [0.4, 0.5) is 5.69 Å². The molecule has 2 heterocycles. The van der Waals surface area contributed by atoms with Crippen molar-refractivity contribution in [3.05, 3.63) is 30.3 Å². The van der Waals surface area contributed by atoms with Crippen LogP contribution in [-0.2, 0) is 9.59 Å². The average Bonchev–Trinajstić information content (AvgIpc) is 2.82. The summed E-state index contributed by atoms with van der Waals surface area (Å²) in [6.07, 6.45) is 0.345. The Kier molecular flexibility index (Phi) is 3.92. The Labute approximate surface area is 125 Å². The van der Waals surface area contributed by atoms with Gasteiger partial charge in [-0.15, -0.1) is 0 Å². The van der Waals surface area contributed by atoms with Gasteiger partial charge in [0.1, 0.15) is 0 Å². The number of rotatable bonds is 3. The molecule has 21 heavy (non-hydrogen) atoms. The molecule has 0 N–H and O–H groups in total. The molecular weight excluding hydrogens is 266 g/mol. The lowest BCUT2D eigenvalue weighted by atomic mass is 10.1. The molecule has 0 radical (unpaired) electrons. The fourth-order valence-corrected chi connectivity index (χ4v) is 3.21. The lowest BCUT2D eigenvalue weighted by Gasteiger charge is -2.38. The van der Waals surface area contributed by atoms with E-state index in [0.717, 1.165) is 26.2 Å². The van der Waals surface area contributed by atoms with Crippen molar-refractivity contribution in [2.24, 2.45) is 0 Å². The van der Waals surface area contributed by atoms with E-state index >= 15 is 0 Å². The molecule has 2 aliphatic rings. The number of para-hydroxylation sites is 1. The number of hydrogen-bond donors (Lipinski definition) is 0. The van der Waals surface area contributed by atoms with Gasteiger partial charge in [-0.05, 0) is 19.1 Å². The molecule has 0 unspecified atom stereocenters. The maximum Gasteiger partial charge on any atom is 0.247 e. The van der Waals surface area contributed by atoms with Gasteiger partial charge in [0.05, 0.1) is 12.5 Å². The molecule has 0 spiro atoms. The molecule has 112 valence electrons. The summed E-state index contributed by atoms with van der Waals surface area (Å²) in [5.41, 5.74) is 1.22. The summed E-state index contributed by atoms with van der Waals surface area (Å²) in [6, 6.07) is 10.1. The van der Waals surface area contributed by atoms with Crippen LogP contribution in [0, 0.1) is 0 Å². The van der Waals surface area contributed by atoms with Gasteiger partial charge >= 0.3 is 0 Å². The van der Waals surface area contributed by atoms with Crippen molar-refractivity contribution >= 4 is 17.5 Å². The number of likely N-dealkylation sites (N-methyl/N-ethyl adjacent to an activating group) is 1. The van der Waals surface area contributed by atoms with E-state index in [1.165, 1.54) is 10.6 Å². The molecule has 1 aromatic carbocycles. The number of carbonyl (C=O) groups is 2. The Morgan fingerprint density at radius 1 is 1.05 bits per heavy atom. The van der Waals surface area contributed by atoms with E-state index in [1.807, 2.05) is 25.1 Å². The minimum atomic E-state index is -0.240. The van der Waals surface area contributed by atoms with E-state index in [9.17, 15) is 9.59 Å². The van der Waals surface area contributed by atoms with Crippen molar-refractivity contribution in [3.63, 3.8) is 0 Å². The molecule has 1 atom stereocenters. The van der Waals surface area contributed by atoms with Gasteiger partial charge in [-0.25, -0.2) is 0 Å². The maximum absolute atomic E-state index is 12.2. The molecule has 2 aliphatic heterocycles. The van der Waals surface area contributed by atoms with Crippen LogP contribution in [0.5, 0.6) is 0 Å². The van der Waals surface area contributed by atoms with Gasteiger partial charge in [0.25, 0.3) is 0 Å². The fourth-order valence-electron chi connectivity index (χ4n) is 3.21. The van der Waals surface area contributed by atoms with E-state index in [4.69, 9.17) is 0 Å². The van der Waals surface area contributed by atoms with E-state index in [-0.39, 0.29) is 17.9 Å². The highest BCUT2D eigenvalue weighted by Crippen LogP contribution is 2.22. The number of likely N-dealkylation sites (tertiary alicyclic amines) is 1. The molecular formula is C16H21N3O2. The third-order valence-corrected chi connectivity index (χ3v) is 4.41. The van der Waals surface area contributed by atoms with Crippen LogP contribution in [0.25, 0.3) is 0 Å². The minimum Gasteiger partial charge on any atom is -0.369 e. The Morgan fingerprint density at radius 2 is 1.71 bits per heavy atom. The number of benzene rings is 1. The predicted molar refractivity (Wildman–Crippen MR) is 81.0 cm³/mol. The van der Waals surface area contributed by atoms with E-state index < -0.39 is 0 Å². The third kappa shape index (κ3) is 2.65. The van der Waals surface area contributed by atoms with Crippen molar-refractivity contribution in [1.29, 1.82) is 0 Å². The monoisotopic (exact) mass is 287 g/mol. The molecule has 1 aromatic rings. The summed E-state index contributed by atoms with van der Waals surface area (Å²) >= 11 is 0. The second-order valence-electron chi connectivity index (χ2n) is 5.55. The van der Waals surface area contributed by atoms with E-state index in [0.29, 0.717) is 13.0 Å². The van der Waals surface area contributed by atoms with Crippen LogP contribution >= 0.6 is 0 Å². The first kappa shape index (κ1) is 14.1. The first-order valence-electron chi connectivity index (χ1n) is 7.59. The normalized spacial score (nSPS) is 24.0. The fraction of sp³-hybridized carbons (Fsp3) is 0.500. The van der Waals surface area contributed by atoms with Gasteiger partial charge in [-0.3, -0.25) is 19.4 Å². The first-order valence-corrected chi connectivity index (χ1v) is 7.59. The third-order valence-electron chi connectivity index (χ3n) is 4.41. The smallest absolute Gasteiger partial charge is 0.247 e. The molecule has 2 fully saturated rings. The SMILES string of the molecule is CCN1C(=O)C[C@H](N2CCN(c3ccccc3)CC2)C1=O. The van der Waals surface area contributed by atoms with Crippen molar-refractivity contribution in [2.75, 3.05) is 37.6 Å². The second kappa shape index (κ2) is 5.85. The number of piperazine rings is 1. The van der Waals surface area contributed by atoms with Crippen LogP contribution in [0.3, 0.4) is 0 Å². The summed E-state index contributed by atoms with van der Waals surface area (Å²) in [5.74, 6) is -0.0475. The number of nitrogens with zero attached hydrogens (tertiary/aromatic N) is 3. The molecule has 0 bridgehead atoms. The van der Waals surface area contributed by atoms with E-state index in [1.54, 1.807) is 0 Å². The summed E-state index contributed by atoms with van der Waals surface area (Å²) in [7, 11) is 0. The number of hydrogen-bond acceptors (Lipinski definition) is 4. The zero-order chi connectivity index (χ0) is 14.8. The second-order valence-corrected chi connectivity index (χ2v) is 5.55. The highest BCUT2D eigenvalue weighted by molar-refractivity contribution is 6.05. The number of carbonyl (C=O) groups excluding carboxylic acids is 2. The first-order chi connectivity index (χ1) is 10.2. The van der Waals surface area contributed by atoms with Crippen molar-refractivity contribution in [3.8, 4) is 0 Å². The highest BCUT2D eigenvalue weighted by Gasteiger charge is 2.41. The van der Waals surface area contributed by atoms with Gasteiger partial charge in [-0.1, -0.05) is 18.2 Å². The lowest BCUT2D eigenvalue weighted by Crippen LogP contribution is -2.52. The molecule has 2 amide bonds. The van der Waals surface area contributed by atoms with Crippen LogP contribution < -0.4 is 4.90 Å². The number of imide groups is 1. The van der Waals surface area contributed by atoms with Gasteiger partial charge < -0.3 is 4.90 Å². The summed E-state index contributed by atoms with van der Waals surface area (Å²) in [6.45, 7) is 5.79. The van der Waals surface area contributed by atoms with Gasteiger partial charge in [0, 0.05) is 38.4 Å².